The van der Waals surface area contributed by atoms with Crippen LogP contribution in [0.4, 0.5) is 5.69 Å². The van der Waals surface area contributed by atoms with E-state index < -0.39 is 10.0 Å². The number of amides is 1. The third kappa shape index (κ3) is 6.51. The molecule has 0 saturated heterocycles. The first-order chi connectivity index (χ1) is 13.5. The number of unbranched alkanes of at least 4 members (excludes halogenated alkanes) is 2. The molecule has 0 bridgehead atoms. The molecule has 0 spiro atoms. The molecule has 0 atom stereocenters. The van der Waals surface area contributed by atoms with Crippen molar-refractivity contribution in [3.05, 3.63) is 66.7 Å². The number of benzene rings is 2. The molecule has 0 aliphatic rings. The predicted octanol–water partition coefficient (Wildman–Crippen LogP) is 3.97. The lowest BCUT2D eigenvalue weighted by Crippen LogP contribution is -2.23. The molecule has 0 aliphatic heterocycles. The summed E-state index contributed by atoms with van der Waals surface area (Å²) in [4.78, 5) is 12.5. The molecule has 6 nitrogen and oxygen atoms in total. The van der Waals surface area contributed by atoms with Crippen molar-refractivity contribution in [3.8, 4) is 5.75 Å². The number of hydrogen-bond acceptors (Lipinski definition) is 4. The number of anilines is 1. The van der Waals surface area contributed by atoms with Crippen molar-refractivity contribution in [1.29, 1.82) is 0 Å². The van der Waals surface area contributed by atoms with Gasteiger partial charge in [0.25, 0.3) is 5.91 Å². The van der Waals surface area contributed by atoms with Gasteiger partial charge in [-0.1, -0.05) is 25.8 Å². The average molecular weight is 403 g/mol. The highest BCUT2D eigenvalue weighted by Crippen LogP contribution is 2.17. The van der Waals surface area contributed by atoms with Crippen molar-refractivity contribution in [2.75, 3.05) is 18.5 Å². The van der Waals surface area contributed by atoms with E-state index in [4.69, 9.17) is 4.74 Å². The number of carbonyl (C=O) groups is 1. The van der Waals surface area contributed by atoms with Gasteiger partial charge >= 0.3 is 0 Å². The van der Waals surface area contributed by atoms with Crippen LogP contribution in [0.25, 0.3) is 0 Å². The summed E-state index contributed by atoms with van der Waals surface area (Å²) < 4.78 is 32.1. The van der Waals surface area contributed by atoms with Crippen molar-refractivity contribution in [2.24, 2.45) is 0 Å². The van der Waals surface area contributed by atoms with E-state index in [9.17, 15) is 13.2 Å². The van der Waals surface area contributed by atoms with Crippen LogP contribution >= 0.6 is 0 Å². The van der Waals surface area contributed by atoms with Gasteiger partial charge in [-0.05, 0) is 55.0 Å². The summed E-state index contributed by atoms with van der Waals surface area (Å²) >= 11 is 0. The minimum atomic E-state index is -3.58. The second-order valence-electron chi connectivity index (χ2n) is 6.20. The minimum Gasteiger partial charge on any atom is -0.494 e. The van der Waals surface area contributed by atoms with Gasteiger partial charge < -0.3 is 10.1 Å². The SMILES string of the molecule is C=CCNS(=O)(=O)c1ccc(NC(=O)c2ccc(OCCCCC)cc2)cc1. The van der Waals surface area contributed by atoms with Gasteiger partial charge in [-0.25, -0.2) is 13.1 Å². The van der Waals surface area contributed by atoms with E-state index in [0.717, 1.165) is 25.0 Å². The van der Waals surface area contributed by atoms with Gasteiger partial charge in [-0.2, -0.15) is 0 Å². The van der Waals surface area contributed by atoms with Gasteiger partial charge in [0.2, 0.25) is 10.0 Å². The van der Waals surface area contributed by atoms with Gasteiger partial charge in [0, 0.05) is 17.8 Å². The summed E-state index contributed by atoms with van der Waals surface area (Å²) in [7, 11) is -3.58. The number of sulfonamides is 1. The Balaban J connectivity index is 1.94. The predicted molar refractivity (Wildman–Crippen MR) is 111 cm³/mol. The van der Waals surface area contributed by atoms with Crippen molar-refractivity contribution in [2.45, 2.75) is 31.1 Å². The van der Waals surface area contributed by atoms with Crippen molar-refractivity contribution in [1.82, 2.24) is 4.72 Å². The normalized spacial score (nSPS) is 11.0. The van der Waals surface area contributed by atoms with Crippen LogP contribution in [-0.2, 0) is 10.0 Å². The molecule has 150 valence electrons. The fraction of sp³-hybridized carbons (Fsp3) is 0.286. The lowest BCUT2D eigenvalue weighted by atomic mass is 10.2. The molecular formula is C21H26N2O4S. The fourth-order valence-electron chi connectivity index (χ4n) is 2.42. The molecule has 28 heavy (non-hydrogen) atoms. The zero-order valence-corrected chi connectivity index (χ0v) is 16.8. The van der Waals surface area contributed by atoms with E-state index >= 15 is 0 Å². The largest absolute Gasteiger partial charge is 0.494 e. The summed E-state index contributed by atoms with van der Waals surface area (Å²) in [5, 5.41) is 2.75. The number of nitrogens with one attached hydrogen (secondary N) is 2. The summed E-state index contributed by atoms with van der Waals surface area (Å²) in [5.41, 5.74) is 0.998. The lowest BCUT2D eigenvalue weighted by Gasteiger charge is -2.09. The second-order valence-corrected chi connectivity index (χ2v) is 7.97. The highest BCUT2D eigenvalue weighted by Gasteiger charge is 2.13. The number of carbonyl (C=O) groups excluding carboxylic acids is 1. The molecule has 2 aromatic rings. The van der Waals surface area contributed by atoms with Gasteiger partial charge in [-0.3, -0.25) is 4.79 Å². The Morgan fingerprint density at radius 2 is 1.75 bits per heavy atom. The van der Waals surface area contributed by atoms with Crippen molar-refractivity contribution in [3.63, 3.8) is 0 Å². The molecule has 0 unspecified atom stereocenters. The van der Waals surface area contributed by atoms with Gasteiger partial charge in [0.05, 0.1) is 11.5 Å². The van der Waals surface area contributed by atoms with Crippen LogP contribution in [0, 0.1) is 0 Å². The number of rotatable bonds is 11. The first-order valence-corrected chi connectivity index (χ1v) is 10.7. The zero-order valence-electron chi connectivity index (χ0n) is 16.0. The van der Waals surface area contributed by atoms with Gasteiger partial charge in [0.15, 0.2) is 0 Å². The van der Waals surface area contributed by atoms with Crippen LogP contribution in [-0.4, -0.2) is 27.5 Å². The quantitative estimate of drug-likeness (QED) is 0.440. The molecular weight excluding hydrogens is 376 g/mol. The number of ether oxygens (including phenoxy) is 1. The van der Waals surface area contributed by atoms with E-state index in [1.54, 1.807) is 36.4 Å². The molecule has 2 rings (SSSR count). The summed E-state index contributed by atoms with van der Waals surface area (Å²) in [5.74, 6) is 0.451. The second kappa shape index (κ2) is 10.6. The molecule has 0 saturated carbocycles. The van der Waals surface area contributed by atoms with E-state index in [1.165, 1.54) is 18.2 Å². The lowest BCUT2D eigenvalue weighted by molar-refractivity contribution is 0.102. The third-order valence-corrected chi connectivity index (χ3v) is 5.41. The van der Waals surface area contributed by atoms with Gasteiger partial charge in [-0.15, -0.1) is 6.58 Å². The average Bonchev–Trinajstić information content (AvgIpc) is 2.70. The topological polar surface area (TPSA) is 84.5 Å². The van der Waals surface area contributed by atoms with Crippen LogP contribution in [0.2, 0.25) is 0 Å². The monoisotopic (exact) mass is 402 g/mol. The Morgan fingerprint density at radius 1 is 1.07 bits per heavy atom. The summed E-state index contributed by atoms with van der Waals surface area (Å²) in [6.45, 7) is 6.43. The Hall–Kier alpha value is -2.64. The Labute approximate surface area is 166 Å². The van der Waals surface area contributed by atoms with Crippen LogP contribution in [0.3, 0.4) is 0 Å². The maximum Gasteiger partial charge on any atom is 0.255 e. The molecule has 0 aromatic heterocycles. The maximum absolute atomic E-state index is 12.4. The van der Waals surface area contributed by atoms with Crippen LogP contribution in [0.1, 0.15) is 36.5 Å². The van der Waals surface area contributed by atoms with E-state index in [-0.39, 0.29) is 17.3 Å². The summed E-state index contributed by atoms with van der Waals surface area (Å²) in [6.07, 6.45) is 4.74. The third-order valence-electron chi connectivity index (χ3n) is 3.97. The van der Waals surface area contributed by atoms with E-state index in [1.807, 2.05) is 0 Å². The zero-order chi connectivity index (χ0) is 20.4. The standard InChI is InChI=1S/C21H26N2O4S/c1-3-5-6-16-27-19-11-7-17(8-12-19)21(24)23-18-9-13-20(14-10-18)28(25,26)22-15-4-2/h4,7-14,22H,2-3,5-6,15-16H2,1H3,(H,23,24). The Morgan fingerprint density at radius 3 is 2.36 bits per heavy atom. The molecule has 7 heteroatoms. The van der Waals surface area contributed by atoms with Crippen molar-refractivity contribution < 1.29 is 17.9 Å². The van der Waals surface area contributed by atoms with E-state index in [2.05, 4.69) is 23.5 Å². The van der Waals surface area contributed by atoms with E-state index in [0.29, 0.717) is 17.9 Å². The first kappa shape index (κ1) is 21.7. The van der Waals surface area contributed by atoms with Crippen LogP contribution in [0.15, 0.2) is 66.1 Å². The van der Waals surface area contributed by atoms with Gasteiger partial charge in [0.1, 0.15) is 5.75 Å². The Kier molecular flexibility index (Phi) is 8.22. The molecule has 2 N–H and O–H groups in total. The maximum atomic E-state index is 12.4. The molecule has 0 fully saturated rings. The highest BCUT2D eigenvalue weighted by molar-refractivity contribution is 7.89. The smallest absolute Gasteiger partial charge is 0.255 e. The highest BCUT2D eigenvalue weighted by atomic mass is 32.2. The summed E-state index contributed by atoms with van der Waals surface area (Å²) in [6, 6.07) is 12.9. The molecule has 0 aliphatic carbocycles. The molecule has 0 heterocycles. The minimum absolute atomic E-state index is 0.122. The first-order valence-electron chi connectivity index (χ1n) is 9.21. The van der Waals surface area contributed by atoms with Crippen molar-refractivity contribution >= 4 is 21.6 Å². The van der Waals surface area contributed by atoms with Crippen LogP contribution < -0.4 is 14.8 Å². The number of hydrogen-bond donors (Lipinski definition) is 2. The fourth-order valence-corrected chi connectivity index (χ4v) is 3.42. The van der Waals surface area contributed by atoms with Crippen LogP contribution in [0.5, 0.6) is 5.75 Å². The molecule has 0 radical (unpaired) electrons. The Bertz CT molecular complexity index is 876. The molecule has 2 aromatic carbocycles. The molecule has 1 amide bonds.